The number of hydrogen-bond donors (Lipinski definition) is 4. The van der Waals surface area contributed by atoms with Crippen LogP contribution in [-0.4, -0.2) is 57.7 Å². The largest absolute Gasteiger partial charge is 0.462 e. The Morgan fingerprint density at radius 1 is 1.04 bits per heavy atom. The van der Waals surface area contributed by atoms with Gasteiger partial charge in [0.2, 0.25) is 6.29 Å². The van der Waals surface area contributed by atoms with Gasteiger partial charge in [0.05, 0.1) is 6.61 Å². The van der Waals surface area contributed by atoms with E-state index < -0.39 is 37.3 Å². The summed E-state index contributed by atoms with van der Waals surface area (Å²) in [6.45, 7) is -0.538. The first-order chi connectivity index (χ1) is 13.0. The standard InChI is InChI=1S/C19H22O8/c20-8-14-15(21)16(22)17(23)19(27-14)25-9-5-6-11-10-3-1-2-4-12(10)18(24)26-13(11)7-9/h5-7,14-17,19-23H,1-4,8H2/t14-,15-,16+,17-,19-/m0/s1. The zero-order valence-corrected chi connectivity index (χ0v) is 14.6. The van der Waals surface area contributed by atoms with Crippen LogP contribution in [0.5, 0.6) is 5.75 Å². The zero-order valence-electron chi connectivity index (χ0n) is 14.6. The fourth-order valence-electron chi connectivity index (χ4n) is 3.80. The monoisotopic (exact) mass is 378 g/mol. The van der Waals surface area contributed by atoms with Crippen molar-refractivity contribution in [1.82, 2.24) is 0 Å². The van der Waals surface area contributed by atoms with E-state index >= 15 is 0 Å². The van der Waals surface area contributed by atoms with Gasteiger partial charge >= 0.3 is 5.63 Å². The fourth-order valence-corrected chi connectivity index (χ4v) is 3.80. The predicted octanol–water partition coefficient (Wildman–Crippen LogP) is -0.150. The predicted molar refractivity (Wildman–Crippen MR) is 93.5 cm³/mol. The van der Waals surface area contributed by atoms with Gasteiger partial charge in [0.25, 0.3) is 0 Å². The minimum atomic E-state index is -1.52. The number of aliphatic hydroxyl groups excluding tert-OH is 4. The topological polar surface area (TPSA) is 130 Å². The maximum absolute atomic E-state index is 12.2. The van der Waals surface area contributed by atoms with Crippen molar-refractivity contribution in [3.63, 3.8) is 0 Å². The highest BCUT2D eigenvalue weighted by Crippen LogP contribution is 2.30. The fraction of sp³-hybridized carbons (Fsp3) is 0.526. The highest BCUT2D eigenvalue weighted by Gasteiger charge is 2.44. The van der Waals surface area contributed by atoms with Gasteiger partial charge in [-0.15, -0.1) is 0 Å². The number of ether oxygens (including phenoxy) is 2. The van der Waals surface area contributed by atoms with E-state index in [2.05, 4.69) is 0 Å². The van der Waals surface area contributed by atoms with Crippen molar-refractivity contribution in [3.05, 3.63) is 39.7 Å². The molecule has 0 bridgehead atoms. The van der Waals surface area contributed by atoms with Gasteiger partial charge in [-0.2, -0.15) is 0 Å². The first kappa shape index (κ1) is 18.4. The number of benzene rings is 1. The highest BCUT2D eigenvalue weighted by atomic mass is 16.7. The van der Waals surface area contributed by atoms with Gasteiger partial charge in [-0.25, -0.2) is 4.79 Å². The second kappa shape index (κ2) is 7.21. The molecule has 0 amide bonds. The molecule has 2 aliphatic rings. The third-order valence-electron chi connectivity index (χ3n) is 5.30. The third-order valence-corrected chi connectivity index (χ3v) is 5.30. The van der Waals surface area contributed by atoms with E-state index in [1.807, 2.05) is 0 Å². The van der Waals surface area contributed by atoms with Crippen LogP contribution in [-0.2, 0) is 17.6 Å². The molecule has 1 saturated heterocycles. The summed E-state index contributed by atoms with van der Waals surface area (Å²) >= 11 is 0. The second-order valence-corrected chi connectivity index (χ2v) is 7.03. The quantitative estimate of drug-likeness (QED) is 0.543. The molecule has 1 aliphatic carbocycles. The van der Waals surface area contributed by atoms with Crippen molar-refractivity contribution in [2.24, 2.45) is 0 Å². The molecule has 0 saturated carbocycles. The van der Waals surface area contributed by atoms with Gasteiger partial charge in [0, 0.05) is 17.0 Å². The average Bonchev–Trinajstić information content (AvgIpc) is 2.68. The van der Waals surface area contributed by atoms with E-state index in [0.717, 1.165) is 42.2 Å². The third kappa shape index (κ3) is 3.24. The Labute approximate surface area is 154 Å². The maximum Gasteiger partial charge on any atom is 0.339 e. The van der Waals surface area contributed by atoms with Gasteiger partial charge in [-0.3, -0.25) is 0 Å². The second-order valence-electron chi connectivity index (χ2n) is 7.03. The van der Waals surface area contributed by atoms with E-state index in [9.17, 15) is 25.2 Å². The highest BCUT2D eigenvalue weighted by molar-refractivity contribution is 5.82. The first-order valence-corrected chi connectivity index (χ1v) is 9.05. The van der Waals surface area contributed by atoms with Gasteiger partial charge in [-0.1, -0.05) is 0 Å². The van der Waals surface area contributed by atoms with Crippen LogP contribution < -0.4 is 10.4 Å². The number of aryl methyl sites for hydroxylation is 1. The van der Waals surface area contributed by atoms with Crippen LogP contribution in [0.15, 0.2) is 27.4 Å². The minimum absolute atomic E-state index is 0.269. The van der Waals surface area contributed by atoms with Crippen molar-refractivity contribution in [2.75, 3.05) is 6.61 Å². The Hall–Kier alpha value is -1.97. The van der Waals surface area contributed by atoms with Crippen LogP contribution >= 0.6 is 0 Å². The lowest BCUT2D eigenvalue weighted by molar-refractivity contribution is -0.277. The van der Waals surface area contributed by atoms with Gasteiger partial charge < -0.3 is 34.3 Å². The van der Waals surface area contributed by atoms with Crippen LogP contribution in [0.3, 0.4) is 0 Å². The summed E-state index contributed by atoms with van der Waals surface area (Å²) in [6.07, 6.45) is -3.29. The maximum atomic E-state index is 12.2. The van der Waals surface area contributed by atoms with E-state index in [1.165, 1.54) is 6.07 Å². The normalized spacial score (nSPS) is 30.9. The molecule has 4 N–H and O–H groups in total. The summed E-state index contributed by atoms with van der Waals surface area (Å²) in [5.74, 6) is 0.269. The molecule has 0 radical (unpaired) electrons. The van der Waals surface area contributed by atoms with Crippen LogP contribution in [0.25, 0.3) is 11.0 Å². The van der Waals surface area contributed by atoms with Gasteiger partial charge in [0.15, 0.2) is 0 Å². The Morgan fingerprint density at radius 2 is 1.78 bits per heavy atom. The van der Waals surface area contributed by atoms with Crippen molar-refractivity contribution in [2.45, 2.75) is 56.4 Å². The van der Waals surface area contributed by atoms with Crippen molar-refractivity contribution < 1.29 is 34.3 Å². The smallest absolute Gasteiger partial charge is 0.339 e. The Bertz CT molecular complexity index is 889. The van der Waals surface area contributed by atoms with Crippen molar-refractivity contribution in [1.29, 1.82) is 0 Å². The SMILES string of the molecule is O=c1oc2cc(O[C@H]3O[C@@H](CO)[C@H](O)[C@@H](O)[C@@H]3O)ccc2c2c1CCCC2. The van der Waals surface area contributed by atoms with E-state index in [-0.39, 0.29) is 11.4 Å². The molecule has 5 atom stereocenters. The van der Waals surface area contributed by atoms with Crippen molar-refractivity contribution >= 4 is 11.0 Å². The van der Waals surface area contributed by atoms with Crippen LogP contribution in [0.2, 0.25) is 0 Å². The number of rotatable bonds is 3. The summed E-state index contributed by atoms with van der Waals surface area (Å²) in [5.41, 5.74) is 1.77. The molecule has 2 aromatic rings. The summed E-state index contributed by atoms with van der Waals surface area (Å²) in [7, 11) is 0. The van der Waals surface area contributed by atoms with Crippen LogP contribution in [0.4, 0.5) is 0 Å². The lowest BCUT2D eigenvalue weighted by Gasteiger charge is -2.39. The molecule has 2 heterocycles. The molecule has 146 valence electrons. The number of hydrogen-bond acceptors (Lipinski definition) is 8. The molecule has 4 rings (SSSR count). The molecule has 1 fully saturated rings. The number of fused-ring (bicyclic) bond motifs is 3. The van der Waals surface area contributed by atoms with Gasteiger partial charge in [-0.05, 0) is 43.4 Å². The minimum Gasteiger partial charge on any atom is -0.462 e. The molecule has 27 heavy (non-hydrogen) atoms. The summed E-state index contributed by atoms with van der Waals surface area (Å²) < 4.78 is 16.4. The van der Waals surface area contributed by atoms with Crippen molar-refractivity contribution in [3.8, 4) is 5.75 Å². The summed E-state index contributed by atoms with van der Waals surface area (Å²) in [6, 6.07) is 4.99. The molecule has 0 spiro atoms. The average molecular weight is 378 g/mol. The summed E-state index contributed by atoms with van der Waals surface area (Å²) in [4.78, 5) is 12.2. The molecule has 1 aromatic carbocycles. The van der Waals surface area contributed by atoms with Gasteiger partial charge in [0.1, 0.15) is 35.7 Å². The van der Waals surface area contributed by atoms with Crippen LogP contribution in [0, 0.1) is 0 Å². The molecule has 8 heteroatoms. The lowest BCUT2D eigenvalue weighted by atomic mass is 9.91. The molecular formula is C19H22O8. The van der Waals surface area contributed by atoms with Crippen LogP contribution in [0.1, 0.15) is 24.0 Å². The molecule has 8 nitrogen and oxygen atoms in total. The first-order valence-electron chi connectivity index (χ1n) is 9.05. The molecule has 1 aromatic heterocycles. The summed E-state index contributed by atoms with van der Waals surface area (Å²) in [5, 5.41) is 39.9. The lowest BCUT2D eigenvalue weighted by Crippen LogP contribution is -2.60. The van der Waals surface area contributed by atoms with E-state index in [1.54, 1.807) is 12.1 Å². The molecule has 0 unspecified atom stereocenters. The van der Waals surface area contributed by atoms with E-state index in [0.29, 0.717) is 5.58 Å². The molecule has 1 aliphatic heterocycles. The Kier molecular flexibility index (Phi) is 4.92. The van der Waals surface area contributed by atoms with E-state index in [4.69, 9.17) is 13.9 Å². The number of aliphatic hydroxyl groups is 4. The molecular weight excluding hydrogens is 356 g/mol. The Morgan fingerprint density at radius 3 is 2.52 bits per heavy atom. The zero-order chi connectivity index (χ0) is 19.1. The Balaban J connectivity index is 1.64.